The first-order chi connectivity index (χ1) is 4.81. The van der Waals surface area contributed by atoms with E-state index in [1.54, 1.807) is 0 Å². The Morgan fingerprint density at radius 3 is 3.10 bits per heavy atom. The molecule has 2 fully saturated rings. The zero-order valence-electron chi connectivity index (χ0n) is 6.82. The maximum absolute atomic E-state index is 3.50. The normalized spacial score (nSPS) is 47.1. The fourth-order valence-corrected chi connectivity index (χ4v) is 2.59. The molecule has 0 spiro atoms. The minimum atomic E-state index is 0.679. The van der Waals surface area contributed by atoms with Gasteiger partial charge in [-0.3, -0.25) is 0 Å². The molecule has 0 aromatic carbocycles. The van der Waals surface area contributed by atoms with E-state index in [1.165, 1.54) is 38.8 Å². The zero-order chi connectivity index (χ0) is 7.03. The molecule has 0 radical (unpaired) electrons. The number of hydrogen-bond donors (Lipinski definition) is 1. The van der Waals surface area contributed by atoms with Gasteiger partial charge in [-0.05, 0) is 30.7 Å². The second kappa shape index (κ2) is 2.23. The van der Waals surface area contributed by atoms with E-state index in [9.17, 15) is 0 Å². The molecule has 10 heavy (non-hydrogen) atoms. The van der Waals surface area contributed by atoms with Gasteiger partial charge in [0.15, 0.2) is 0 Å². The van der Waals surface area contributed by atoms with E-state index < -0.39 is 0 Å². The van der Waals surface area contributed by atoms with E-state index in [0.29, 0.717) is 5.41 Å². The zero-order valence-corrected chi connectivity index (χ0v) is 6.82. The van der Waals surface area contributed by atoms with Gasteiger partial charge in [0.2, 0.25) is 0 Å². The van der Waals surface area contributed by atoms with Crippen LogP contribution in [-0.2, 0) is 0 Å². The average Bonchev–Trinajstić information content (AvgIpc) is 2.29. The van der Waals surface area contributed by atoms with Gasteiger partial charge in [0.05, 0.1) is 0 Å². The molecule has 1 saturated carbocycles. The minimum absolute atomic E-state index is 0.679. The van der Waals surface area contributed by atoms with Crippen molar-refractivity contribution < 1.29 is 0 Å². The van der Waals surface area contributed by atoms with Gasteiger partial charge in [-0.1, -0.05) is 19.8 Å². The van der Waals surface area contributed by atoms with E-state index in [4.69, 9.17) is 0 Å². The lowest BCUT2D eigenvalue weighted by Gasteiger charge is -2.34. The first-order valence-electron chi connectivity index (χ1n) is 4.52. The molecule has 0 unspecified atom stereocenters. The Morgan fingerprint density at radius 1 is 1.40 bits per heavy atom. The van der Waals surface area contributed by atoms with Crippen molar-refractivity contribution in [2.75, 3.05) is 13.1 Å². The summed E-state index contributed by atoms with van der Waals surface area (Å²) in [6, 6.07) is 0. The van der Waals surface area contributed by atoms with Crippen molar-refractivity contribution in [1.82, 2.24) is 5.32 Å². The fourth-order valence-electron chi connectivity index (χ4n) is 2.59. The first kappa shape index (κ1) is 6.66. The Morgan fingerprint density at radius 2 is 2.30 bits per heavy atom. The topological polar surface area (TPSA) is 12.0 Å². The van der Waals surface area contributed by atoms with E-state index in [0.717, 1.165) is 5.92 Å². The summed E-state index contributed by atoms with van der Waals surface area (Å²) in [6.07, 6.45) is 5.88. The van der Waals surface area contributed by atoms with Crippen LogP contribution in [0.4, 0.5) is 0 Å². The van der Waals surface area contributed by atoms with E-state index in [-0.39, 0.29) is 0 Å². The molecule has 2 aliphatic rings. The summed E-state index contributed by atoms with van der Waals surface area (Å²) in [5.74, 6) is 1.00. The lowest BCUT2D eigenvalue weighted by Crippen LogP contribution is -2.29. The molecule has 2 rings (SSSR count). The van der Waals surface area contributed by atoms with Crippen LogP contribution < -0.4 is 5.32 Å². The van der Waals surface area contributed by atoms with Gasteiger partial charge in [-0.2, -0.15) is 0 Å². The van der Waals surface area contributed by atoms with E-state index in [2.05, 4.69) is 12.2 Å². The third-order valence-corrected chi connectivity index (χ3v) is 3.46. The lowest BCUT2D eigenvalue weighted by molar-refractivity contribution is 0.174. The lowest BCUT2D eigenvalue weighted by atomic mass is 9.70. The summed E-state index contributed by atoms with van der Waals surface area (Å²) in [6.45, 7) is 5.02. The van der Waals surface area contributed by atoms with Crippen molar-refractivity contribution >= 4 is 0 Å². The van der Waals surface area contributed by atoms with Gasteiger partial charge >= 0.3 is 0 Å². The van der Waals surface area contributed by atoms with Crippen LogP contribution in [0.15, 0.2) is 0 Å². The summed E-state index contributed by atoms with van der Waals surface area (Å²) in [5, 5.41) is 3.50. The molecule has 1 heteroatoms. The minimum Gasteiger partial charge on any atom is -0.316 e. The molecule has 1 aliphatic heterocycles. The van der Waals surface area contributed by atoms with Gasteiger partial charge < -0.3 is 5.32 Å². The highest BCUT2D eigenvalue weighted by atomic mass is 14.9. The highest BCUT2D eigenvalue weighted by Crippen LogP contribution is 2.42. The van der Waals surface area contributed by atoms with Crippen LogP contribution >= 0.6 is 0 Å². The van der Waals surface area contributed by atoms with Crippen molar-refractivity contribution in [3.05, 3.63) is 0 Å². The summed E-state index contributed by atoms with van der Waals surface area (Å²) in [4.78, 5) is 0. The van der Waals surface area contributed by atoms with Crippen LogP contribution in [0.5, 0.6) is 0 Å². The fraction of sp³-hybridized carbons (Fsp3) is 1.00. The van der Waals surface area contributed by atoms with Crippen LogP contribution in [0.2, 0.25) is 0 Å². The van der Waals surface area contributed by atoms with Gasteiger partial charge in [0, 0.05) is 6.54 Å². The molecule has 1 heterocycles. The second-order valence-corrected chi connectivity index (χ2v) is 4.23. The monoisotopic (exact) mass is 139 g/mol. The third kappa shape index (κ3) is 0.878. The molecule has 1 saturated heterocycles. The van der Waals surface area contributed by atoms with Gasteiger partial charge in [-0.25, -0.2) is 0 Å². The van der Waals surface area contributed by atoms with Crippen molar-refractivity contribution in [2.45, 2.75) is 32.6 Å². The van der Waals surface area contributed by atoms with Gasteiger partial charge in [-0.15, -0.1) is 0 Å². The summed E-state index contributed by atoms with van der Waals surface area (Å²) >= 11 is 0. The molecule has 1 aliphatic carbocycles. The van der Waals surface area contributed by atoms with Crippen LogP contribution in [0.3, 0.4) is 0 Å². The van der Waals surface area contributed by atoms with Crippen LogP contribution in [0.25, 0.3) is 0 Å². The molecule has 0 aromatic rings. The predicted molar refractivity (Wildman–Crippen MR) is 42.9 cm³/mol. The Bertz CT molecular complexity index is 133. The summed E-state index contributed by atoms with van der Waals surface area (Å²) in [7, 11) is 0. The quantitative estimate of drug-likeness (QED) is 0.539. The predicted octanol–water partition coefficient (Wildman–Crippen LogP) is 1.79. The maximum atomic E-state index is 3.50. The number of hydrogen-bond acceptors (Lipinski definition) is 1. The average molecular weight is 139 g/mol. The molecule has 58 valence electrons. The van der Waals surface area contributed by atoms with Gasteiger partial charge in [0.25, 0.3) is 0 Å². The van der Waals surface area contributed by atoms with Crippen molar-refractivity contribution in [2.24, 2.45) is 11.3 Å². The highest BCUT2D eigenvalue weighted by Gasteiger charge is 2.39. The second-order valence-electron chi connectivity index (χ2n) is 4.23. The SMILES string of the molecule is C[C@]12CCCC[C@H]1CNC2. The standard InChI is InChI=1S/C9H17N/c1-9-5-3-2-4-8(9)6-10-7-9/h8,10H,2-7H2,1H3/t8-,9+/m0/s1. The molecule has 0 bridgehead atoms. The van der Waals surface area contributed by atoms with Crippen LogP contribution in [0.1, 0.15) is 32.6 Å². The Balaban J connectivity index is 2.10. The molecule has 1 N–H and O–H groups in total. The van der Waals surface area contributed by atoms with E-state index >= 15 is 0 Å². The molecule has 2 atom stereocenters. The van der Waals surface area contributed by atoms with Crippen molar-refractivity contribution in [3.8, 4) is 0 Å². The third-order valence-electron chi connectivity index (χ3n) is 3.46. The smallest absolute Gasteiger partial charge is 0.000841 e. The summed E-state index contributed by atoms with van der Waals surface area (Å²) in [5.41, 5.74) is 0.679. The Labute approximate surface area is 63.2 Å². The molecular weight excluding hydrogens is 122 g/mol. The molecule has 0 amide bonds. The maximum Gasteiger partial charge on any atom is 0.000841 e. The molecular formula is C9H17N. The first-order valence-corrected chi connectivity index (χ1v) is 4.52. The van der Waals surface area contributed by atoms with Crippen molar-refractivity contribution in [3.63, 3.8) is 0 Å². The number of fused-ring (bicyclic) bond motifs is 1. The van der Waals surface area contributed by atoms with E-state index in [1.807, 2.05) is 0 Å². The van der Waals surface area contributed by atoms with Crippen LogP contribution in [-0.4, -0.2) is 13.1 Å². The highest BCUT2D eigenvalue weighted by molar-refractivity contribution is 4.93. The number of nitrogens with one attached hydrogen (secondary N) is 1. The Hall–Kier alpha value is -0.0400. The Kier molecular flexibility index (Phi) is 1.48. The largest absolute Gasteiger partial charge is 0.316 e. The van der Waals surface area contributed by atoms with Crippen molar-refractivity contribution in [1.29, 1.82) is 0 Å². The molecule has 1 nitrogen and oxygen atoms in total. The molecule has 0 aromatic heterocycles. The summed E-state index contributed by atoms with van der Waals surface area (Å²) < 4.78 is 0. The van der Waals surface area contributed by atoms with Crippen LogP contribution in [0, 0.1) is 11.3 Å². The number of rotatable bonds is 0. The van der Waals surface area contributed by atoms with Gasteiger partial charge in [0.1, 0.15) is 0 Å².